The molecule has 1 amide bonds. The molecule has 0 radical (unpaired) electrons. The summed E-state index contributed by atoms with van der Waals surface area (Å²) in [6, 6.07) is 7.39. The number of hydrogen-bond donors (Lipinski definition) is 2. The molecule has 2 N–H and O–H groups in total. The van der Waals surface area contributed by atoms with Crippen LogP contribution in [0, 0.1) is 6.92 Å². The maximum Gasteiger partial charge on any atom is 0.251 e. The predicted molar refractivity (Wildman–Crippen MR) is 75.9 cm³/mol. The summed E-state index contributed by atoms with van der Waals surface area (Å²) in [5.74, 6) is 0.763. The fourth-order valence-corrected chi connectivity index (χ4v) is 2.38. The van der Waals surface area contributed by atoms with Crippen molar-refractivity contribution in [1.29, 1.82) is 0 Å². The molecule has 1 saturated heterocycles. The molecule has 0 unspecified atom stereocenters. The van der Waals surface area contributed by atoms with Crippen molar-refractivity contribution in [3.63, 3.8) is 0 Å². The number of carbonyl (C=O) groups is 1. The van der Waals surface area contributed by atoms with E-state index in [0.29, 0.717) is 18.7 Å². The molecule has 0 aliphatic carbocycles. The van der Waals surface area contributed by atoms with Gasteiger partial charge < -0.3 is 19.8 Å². The number of furan rings is 1. The Bertz CT molecular complexity index is 615. The quantitative estimate of drug-likeness (QED) is 0.889. The van der Waals surface area contributed by atoms with Crippen LogP contribution in [0.5, 0.6) is 0 Å². The third-order valence-electron chi connectivity index (χ3n) is 3.40. The van der Waals surface area contributed by atoms with E-state index in [1.54, 1.807) is 6.07 Å². The van der Waals surface area contributed by atoms with Crippen molar-refractivity contribution in [3.8, 4) is 0 Å². The molecule has 2 aromatic rings. The van der Waals surface area contributed by atoms with Crippen LogP contribution in [0.1, 0.15) is 16.1 Å². The average Bonchev–Trinajstić information content (AvgIpc) is 2.85. The highest BCUT2D eigenvalue weighted by atomic mass is 16.5. The molecule has 1 aromatic carbocycles. The van der Waals surface area contributed by atoms with Gasteiger partial charge in [0, 0.05) is 30.6 Å². The molecule has 0 bridgehead atoms. The van der Waals surface area contributed by atoms with Gasteiger partial charge >= 0.3 is 0 Å². The summed E-state index contributed by atoms with van der Waals surface area (Å²) in [5, 5.41) is 7.09. The van der Waals surface area contributed by atoms with Gasteiger partial charge in [0.25, 0.3) is 5.91 Å². The van der Waals surface area contributed by atoms with Crippen LogP contribution in [-0.2, 0) is 4.74 Å². The maximum absolute atomic E-state index is 12.1. The monoisotopic (exact) mass is 274 g/mol. The van der Waals surface area contributed by atoms with Gasteiger partial charge in [-0.25, -0.2) is 0 Å². The highest BCUT2D eigenvalue weighted by Gasteiger charge is 2.15. The highest BCUT2D eigenvalue weighted by Crippen LogP contribution is 2.20. The minimum atomic E-state index is -0.0834. The second kappa shape index (κ2) is 5.64. The first-order valence-corrected chi connectivity index (χ1v) is 6.83. The average molecular weight is 274 g/mol. The molecule has 106 valence electrons. The summed E-state index contributed by atoms with van der Waals surface area (Å²) in [5.41, 5.74) is 1.45. The zero-order valence-electron chi connectivity index (χ0n) is 11.4. The zero-order chi connectivity index (χ0) is 13.9. The molecule has 1 atom stereocenters. The number of hydrogen-bond acceptors (Lipinski definition) is 4. The summed E-state index contributed by atoms with van der Waals surface area (Å²) in [6.45, 7) is 4.77. The van der Waals surface area contributed by atoms with Gasteiger partial charge in [0.2, 0.25) is 0 Å². The fourth-order valence-electron chi connectivity index (χ4n) is 2.38. The molecule has 20 heavy (non-hydrogen) atoms. The second-order valence-electron chi connectivity index (χ2n) is 5.02. The number of carbonyl (C=O) groups excluding carboxylic acids is 1. The molecule has 0 spiro atoms. The lowest BCUT2D eigenvalue weighted by atomic mass is 10.1. The first kappa shape index (κ1) is 13.1. The van der Waals surface area contributed by atoms with Gasteiger partial charge in [-0.2, -0.15) is 0 Å². The fraction of sp³-hybridized carbons (Fsp3) is 0.400. The van der Waals surface area contributed by atoms with E-state index in [-0.39, 0.29) is 12.0 Å². The number of fused-ring (bicyclic) bond motifs is 1. The minimum absolute atomic E-state index is 0.0487. The Labute approximate surface area is 117 Å². The van der Waals surface area contributed by atoms with Crippen LogP contribution in [0.2, 0.25) is 0 Å². The van der Waals surface area contributed by atoms with Crippen molar-refractivity contribution in [2.45, 2.75) is 13.0 Å². The van der Waals surface area contributed by atoms with E-state index in [2.05, 4.69) is 10.6 Å². The number of benzene rings is 1. The van der Waals surface area contributed by atoms with Crippen molar-refractivity contribution < 1.29 is 13.9 Å². The van der Waals surface area contributed by atoms with Crippen molar-refractivity contribution in [3.05, 3.63) is 35.6 Å². The van der Waals surface area contributed by atoms with Crippen molar-refractivity contribution in [2.75, 3.05) is 26.2 Å². The Hall–Kier alpha value is -1.85. The molecule has 5 heteroatoms. The predicted octanol–water partition coefficient (Wildman–Crippen LogP) is 1.46. The number of rotatable bonds is 3. The smallest absolute Gasteiger partial charge is 0.251 e. The summed E-state index contributed by atoms with van der Waals surface area (Å²) in [6.07, 6.45) is 0.0487. The molecule has 3 rings (SSSR count). The lowest BCUT2D eigenvalue weighted by Crippen LogP contribution is -2.45. The van der Waals surface area contributed by atoms with E-state index in [0.717, 1.165) is 29.8 Å². The van der Waals surface area contributed by atoms with Gasteiger partial charge in [-0.15, -0.1) is 0 Å². The summed E-state index contributed by atoms with van der Waals surface area (Å²) in [7, 11) is 0. The van der Waals surface area contributed by atoms with Gasteiger partial charge in [0.15, 0.2) is 0 Å². The molecular formula is C15H18N2O3. The van der Waals surface area contributed by atoms with E-state index in [1.807, 2.05) is 25.1 Å². The topological polar surface area (TPSA) is 63.5 Å². The molecule has 1 aliphatic heterocycles. The van der Waals surface area contributed by atoms with Crippen molar-refractivity contribution in [2.24, 2.45) is 0 Å². The Morgan fingerprint density at radius 1 is 1.45 bits per heavy atom. The lowest BCUT2D eigenvalue weighted by molar-refractivity contribution is 0.0287. The lowest BCUT2D eigenvalue weighted by Gasteiger charge is -2.23. The first-order chi connectivity index (χ1) is 9.72. The Morgan fingerprint density at radius 2 is 2.35 bits per heavy atom. The molecule has 0 saturated carbocycles. The molecule has 5 nitrogen and oxygen atoms in total. The van der Waals surface area contributed by atoms with E-state index < -0.39 is 0 Å². The first-order valence-electron chi connectivity index (χ1n) is 6.83. The van der Waals surface area contributed by atoms with Gasteiger partial charge in [0.05, 0.1) is 12.7 Å². The van der Waals surface area contributed by atoms with Crippen LogP contribution in [0.4, 0.5) is 0 Å². The van der Waals surface area contributed by atoms with Crippen LogP contribution in [0.15, 0.2) is 28.7 Å². The molecular weight excluding hydrogens is 256 g/mol. The minimum Gasteiger partial charge on any atom is -0.461 e. The number of aryl methyl sites for hydroxylation is 1. The number of morpholine rings is 1. The van der Waals surface area contributed by atoms with E-state index in [4.69, 9.17) is 9.15 Å². The van der Waals surface area contributed by atoms with Crippen molar-refractivity contribution >= 4 is 16.9 Å². The second-order valence-corrected chi connectivity index (χ2v) is 5.02. The van der Waals surface area contributed by atoms with E-state index in [1.165, 1.54) is 0 Å². The van der Waals surface area contributed by atoms with Crippen molar-refractivity contribution in [1.82, 2.24) is 10.6 Å². The molecule has 2 heterocycles. The SMILES string of the molecule is Cc1cc2cc(C(=O)NC[C@H]3CNCCO3)ccc2o1. The van der Waals surface area contributed by atoms with Gasteiger partial charge in [-0.05, 0) is 31.2 Å². The van der Waals surface area contributed by atoms with E-state index >= 15 is 0 Å². The largest absolute Gasteiger partial charge is 0.461 e. The van der Waals surface area contributed by atoms with Crippen LogP contribution in [0.25, 0.3) is 11.0 Å². The third kappa shape index (κ3) is 2.84. The maximum atomic E-state index is 12.1. The van der Waals surface area contributed by atoms with Gasteiger partial charge in [0.1, 0.15) is 11.3 Å². The number of nitrogens with one attached hydrogen (secondary N) is 2. The molecule has 1 aliphatic rings. The number of ether oxygens (including phenoxy) is 1. The Balaban J connectivity index is 1.65. The van der Waals surface area contributed by atoms with Crippen LogP contribution in [0.3, 0.4) is 0 Å². The highest BCUT2D eigenvalue weighted by molar-refractivity contribution is 5.97. The van der Waals surface area contributed by atoms with Crippen LogP contribution < -0.4 is 10.6 Å². The third-order valence-corrected chi connectivity index (χ3v) is 3.40. The number of amides is 1. The normalized spacial score (nSPS) is 19.1. The summed E-state index contributed by atoms with van der Waals surface area (Å²) < 4.78 is 11.0. The van der Waals surface area contributed by atoms with Gasteiger partial charge in [-0.3, -0.25) is 4.79 Å². The van der Waals surface area contributed by atoms with Crippen LogP contribution in [-0.4, -0.2) is 38.3 Å². The standard InChI is InChI=1S/C15H18N2O3/c1-10-6-12-7-11(2-3-14(12)20-10)15(18)17-9-13-8-16-4-5-19-13/h2-3,6-7,13,16H,4-5,8-9H2,1H3,(H,17,18)/t13-/m1/s1. The zero-order valence-corrected chi connectivity index (χ0v) is 11.4. The van der Waals surface area contributed by atoms with Gasteiger partial charge in [-0.1, -0.05) is 0 Å². The molecule has 1 aromatic heterocycles. The van der Waals surface area contributed by atoms with E-state index in [9.17, 15) is 4.79 Å². The summed E-state index contributed by atoms with van der Waals surface area (Å²) >= 11 is 0. The van der Waals surface area contributed by atoms with Crippen LogP contribution >= 0.6 is 0 Å². The summed E-state index contributed by atoms with van der Waals surface area (Å²) in [4.78, 5) is 12.1. The Kier molecular flexibility index (Phi) is 3.71. The Morgan fingerprint density at radius 3 is 3.15 bits per heavy atom. The molecule has 1 fully saturated rings.